The Morgan fingerprint density at radius 1 is 0.330 bits per heavy atom. The Labute approximate surface area is 560 Å². The molecule has 0 aromatic heterocycles. The minimum absolute atomic E-state index is 0.182. The summed E-state index contributed by atoms with van der Waals surface area (Å²) in [6, 6.07) is 0. The van der Waals surface area contributed by atoms with Gasteiger partial charge < -0.3 is 28.5 Å². The molecule has 91 heavy (non-hydrogen) atoms. The average Bonchev–Trinajstić information content (AvgIpc) is 3.50. The number of esters is 2. The van der Waals surface area contributed by atoms with E-state index >= 15 is 0 Å². The normalized spacial score (nSPS) is 13.5. The molecule has 2 atom stereocenters. The highest BCUT2D eigenvalue weighted by atomic mass is 16.7. The van der Waals surface area contributed by atoms with E-state index in [-0.39, 0.29) is 32.2 Å². The van der Waals surface area contributed by atoms with Crippen LogP contribution in [0.1, 0.15) is 296 Å². The molecule has 0 aromatic carbocycles. The van der Waals surface area contributed by atoms with Gasteiger partial charge in [0.1, 0.15) is 13.2 Å². The summed E-state index contributed by atoms with van der Waals surface area (Å²) in [4.78, 5) is 37.7. The van der Waals surface area contributed by atoms with E-state index in [4.69, 9.17) is 18.9 Å². The summed E-state index contributed by atoms with van der Waals surface area (Å²) < 4.78 is 23.0. The van der Waals surface area contributed by atoms with Gasteiger partial charge >= 0.3 is 17.9 Å². The van der Waals surface area contributed by atoms with Crippen LogP contribution in [0.25, 0.3) is 0 Å². The smallest absolute Gasteiger partial charge is 0.361 e. The van der Waals surface area contributed by atoms with Gasteiger partial charge in [-0.3, -0.25) is 9.59 Å². The molecule has 0 aliphatic carbocycles. The molecular weight excluding hydrogens is 1130 g/mol. The lowest BCUT2D eigenvalue weighted by molar-refractivity contribution is -0.870. The van der Waals surface area contributed by atoms with Crippen LogP contribution in [0, 0.1) is 0 Å². The zero-order valence-electron chi connectivity index (χ0n) is 59.2. The number of quaternary nitrogens is 1. The number of ether oxygens (including phenoxy) is 4. The van der Waals surface area contributed by atoms with Crippen molar-refractivity contribution in [2.24, 2.45) is 0 Å². The molecule has 2 unspecified atom stereocenters. The molecule has 9 heteroatoms. The molecular formula is C82H138NO8+. The van der Waals surface area contributed by atoms with Gasteiger partial charge in [0, 0.05) is 12.8 Å². The first kappa shape index (κ1) is 86.2. The Hall–Kier alpha value is -4.83. The summed E-state index contributed by atoms with van der Waals surface area (Å²) in [6.07, 6.45) is 101. The summed E-state index contributed by atoms with van der Waals surface area (Å²) in [6.45, 7) is 4.66. The van der Waals surface area contributed by atoms with Gasteiger partial charge in [-0.2, -0.15) is 0 Å². The van der Waals surface area contributed by atoms with Gasteiger partial charge in [0.05, 0.1) is 34.4 Å². The number of carboxylic acids is 1. The topological polar surface area (TPSA) is 108 Å². The zero-order chi connectivity index (χ0) is 66.1. The second-order valence-electron chi connectivity index (χ2n) is 25.5. The standard InChI is InChI=1S/C82H137NO8/c1-6-8-10-12-14-16-18-20-22-24-26-28-30-32-34-36-37-38-39-40-41-42-43-45-47-49-51-53-55-57-59-61-63-65-67-69-71-73-80(85)91-78(77-90-82(81(86)87)88-75-74-83(3,4)5)76-89-79(84)72-70-68-66-64-62-60-58-56-54-52-50-48-46-44-35-33-31-29-27-25-23-21-19-17-15-13-11-9-7-2/h8-11,14-17,20-23,26-29,32-35,37-38,40-41,78,82H,6-7,12-13,18-19,24-25,30-31,36,39,42-77H2,1-5H3/p+1/b10-8-,11-9-,16-14-,17-15-,22-20-,23-21-,28-26-,29-27-,34-32-,35-33-,38-37-,41-40-. The maximum atomic E-state index is 13.0. The van der Waals surface area contributed by atoms with Gasteiger partial charge in [-0.05, 0) is 116 Å². The minimum Gasteiger partial charge on any atom is -0.477 e. The van der Waals surface area contributed by atoms with Crippen molar-refractivity contribution in [2.45, 2.75) is 309 Å². The van der Waals surface area contributed by atoms with E-state index in [2.05, 4.69) is 160 Å². The molecule has 0 fully saturated rings. The molecule has 518 valence electrons. The predicted molar refractivity (Wildman–Crippen MR) is 391 cm³/mol. The van der Waals surface area contributed by atoms with Crippen molar-refractivity contribution in [3.63, 3.8) is 0 Å². The average molecular weight is 1270 g/mol. The molecule has 0 aliphatic rings. The van der Waals surface area contributed by atoms with E-state index in [1.54, 1.807) is 0 Å². The first-order valence-electron chi connectivity index (χ1n) is 37.0. The molecule has 0 saturated heterocycles. The lowest BCUT2D eigenvalue weighted by Gasteiger charge is -2.25. The van der Waals surface area contributed by atoms with E-state index in [0.29, 0.717) is 23.9 Å². The van der Waals surface area contributed by atoms with E-state index < -0.39 is 24.3 Å². The second-order valence-corrected chi connectivity index (χ2v) is 25.5. The number of likely N-dealkylation sites (N-methyl/N-ethyl adjacent to an activating group) is 1. The van der Waals surface area contributed by atoms with Crippen molar-refractivity contribution >= 4 is 17.9 Å². The third-order valence-corrected chi connectivity index (χ3v) is 15.6. The quantitative estimate of drug-likeness (QED) is 0.0211. The number of carbonyl (C=O) groups excluding carboxylic acids is 2. The maximum Gasteiger partial charge on any atom is 0.361 e. The first-order chi connectivity index (χ1) is 44.6. The Kier molecular flexibility index (Phi) is 67.3. The lowest BCUT2D eigenvalue weighted by atomic mass is 10.0. The van der Waals surface area contributed by atoms with E-state index in [1.165, 1.54) is 154 Å². The van der Waals surface area contributed by atoms with E-state index in [0.717, 1.165) is 109 Å². The Balaban J connectivity index is 4.10. The van der Waals surface area contributed by atoms with Gasteiger partial charge in [0.25, 0.3) is 6.29 Å². The van der Waals surface area contributed by atoms with Crippen molar-refractivity contribution in [3.05, 3.63) is 146 Å². The summed E-state index contributed by atoms with van der Waals surface area (Å²) in [5.74, 6) is -2.01. The van der Waals surface area contributed by atoms with Crippen molar-refractivity contribution in [1.29, 1.82) is 0 Å². The molecule has 0 aromatic rings. The van der Waals surface area contributed by atoms with Gasteiger partial charge in [-0.25, -0.2) is 4.79 Å². The van der Waals surface area contributed by atoms with Crippen LogP contribution in [0.5, 0.6) is 0 Å². The summed E-state index contributed by atoms with van der Waals surface area (Å²) in [5.41, 5.74) is 0. The molecule has 0 saturated carbocycles. The highest BCUT2D eigenvalue weighted by molar-refractivity contribution is 5.71. The summed E-state index contributed by atoms with van der Waals surface area (Å²) in [5, 5.41) is 9.76. The van der Waals surface area contributed by atoms with Gasteiger partial charge in [-0.1, -0.05) is 314 Å². The molecule has 9 nitrogen and oxygen atoms in total. The van der Waals surface area contributed by atoms with Gasteiger partial charge in [0.2, 0.25) is 0 Å². The lowest BCUT2D eigenvalue weighted by Crippen LogP contribution is -2.40. The number of unbranched alkanes of at least 4 members (excludes halogenated alkanes) is 28. The third-order valence-electron chi connectivity index (χ3n) is 15.6. The van der Waals surface area contributed by atoms with Crippen molar-refractivity contribution in [3.8, 4) is 0 Å². The molecule has 0 rings (SSSR count). The number of nitrogens with zero attached hydrogens (tertiary/aromatic N) is 1. The van der Waals surface area contributed by atoms with Gasteiger partial charge in [-0.15, -0.1) is 0 Å². The number of rotatable bonds is 67. The fourth-order valence-corrected chi connectivity index (χ4v) is 10.0. The number of hydrogen-bond donors (Lipinski definition) is 1. The number of aliphatic carboxylic acids is 1. The fraction of sp³-hybridized carbons (Fsp3) is 0.671. The Morgan fingerprint density at radius 3 is 0.879 bits per heavy atom. The Morgan fingerprint density at radius 2 is 0.593 bits per heavy atom. The molecule has 0 heterocycles. The van der Waals surface area contributed by atoms with E-state index in [1.807, 2.05) is 21.1 Å². The van der Waals surface area contributed by atoms with E-state index in [9.17, 15) is 19.5 Å². The van der Waals surface area contributed by atoms with Crippen LogP contribution in [0.15, 0.2) is 146 Å². The van der Waals surface area contributed by atoms with Crippen LogP contribution in [0.2, 0.25) is 0 Å². The highest BCUT2D eigenvalue weighted by Crippen LogP contribution is 2.17. The van der Waals surface area contributed by atoms with Crippen LogP contribution in [0.3, 0.4) is 0 Å². The maximum absolute atomic E-state index is 13.0. The van der Waals surface area contributed by atoms with Crippen molar-refractivity contribution in [1.82, 2.24) is 0 Å². The zero-order valence-corrected chi connectivity index (χ0v) is 59.2. The van der Waals surface area contributed by atoms with Crippen LogP contribution in [0.4, 0.5) is 0 Å². The molecule has 0 amide bonds. The summed E-state index contributed by atoms with van der Waals surface area (Å²) >= 11 is 0. The summed E-state index contributed by atoms with van der Waals surface area (Å²) in [7, 11) is 5.98. The third kappa shape index (κ3) is 72.5. The first-order valence-corrected chi connectivity index (χ1v) is 37.0. The highest BCUT2D eigenvalue weighted by Gasteiger charge is 2.25. The number of carboxylic acid groups (broad SMARTS) is 1. The minimum atomic E-state index is -1.52. The van der Waals surface area contributed by atoms with Crippen LogP contribution in [-0.2, 0) is 33.3 Å². The predicted octanol–water partition coefficient (Wildman–Crippen LogP) is 23.5. The molecule has 0 bridgehead atoms. The fourth-order valence-electron chi connectivity index (χ4n) is 10.0. The monoisotopic (exact) mass is 1270 g/mol. The van der Waals surface area contributed by atoms with Crippen molar-refractivity contribution < 1.29 is 42.9 Å². The number of allylic oxidation sites excluding steroid dienone is 24. The van der Waals surface area contributed by atoms with Crippen LogP contribution < -0.4 is 0 Å². The SMILES string of the molecule is CC/C=C\C/C=C\C/C=C\C/C=C\C/C=C\C/C=C\C/C=C\CCCCCCCCCCCCCCCCCC(=O)OC(COC(=O)CCCCCCCCCCCCCCC/C=C\C/C=C\C/C=C\C/C=C\C/C=C\CC)COC(OCC[N+](C)(C)C)C(=O)O. The van der Waals surface area contributed by atoms with Crippen molar-refractivity contribution in [2.75, 3.05) is 47.5 Å². The van der Waals surface area contributed by atoms with Gasteiger partial charge in [0.15, 0.2) is 6.10 Å². The molecule has 1 N–H and O–H groups in total. The molecule has 0 spiro atoms. The molecule has 0 aliphatic heterocycles. The largest absolute Gasteiger partial charge is 0.477 e. The second kappa shape index (κ2) is 71.0. The number of carbonyl (C=O) groups is 3. The number of hydrogen-bond acceptors (Lipinski definition) is 7. The van der Waals surface area contributed by atoms with Crippen LogP contribution >= 0.6 is 0 Å². The Bertz CT molecular complexity index is 2010. The van der Waals surface area contributed by atoms with Crippen LogP contribution in [-0.4, -0.2) is 87.4 Å². The molecule has 0 radical (unpaired) electrons.